The Morgan fingerprint density at radius 2 is 2.08 bits per heavy atom. The Labute approximate surface area is 150 Å². The van der Waals surface area contributed by atoms with Crippen LogP contribution in [0, 0.1) is 0 Å². The molecule has 0 bridgehead atoms. The second-order valence-corrected chi connectivity index (χ2v) is 8.80. The van der Waals surface area contributed by atoms with E-state index in [0.29, 0.717) is 18.3 Å². The average Bonchev–Trinajstić information content (AvgIpc) is 2.56. The molecule has 1 aliphatic heterocycles. The van der Waals surface area contributed by atoms with Gasteiger partial charge in [0.15, 0.2) is 6.54 Å². The first-order valence-electron chi connectivity index (χ1n) is 8.50. The van der Waals surface area contributed by atoms with Gasteiger partial charge in [-0.15, -0.1) is 0 Å². The first kappa shape index (κ1) is 19.7. The number of carbonyl (C=O) groups excluding carboxylic acids is 1. The maximum absolute atomic E-state index is 12.4. The van der Waals surface area contributed by atoms with Crippen LogP contribution >= 0.6 is 0 Å². The summed E-state index contributed by atoms with van der Waals surface area (Å²) < 4.78 is 31.2. The molecule has 2 atom stereocenters. The highest BCUT2D eigenvalue weighted by molar-refractivity contribution is 7.89. The number of piperidine rings is 1. The molecule has 0 aromatic heterocycles. The smallest absolute Gasteiger partial charge is 0.279 e. The van der Waals surface area contributed by atoms with E-state index in [9.17, 15) is 13.2 Å². The van der Waals surface area contributed by atoms with Crippen LogP contribution in [-0.4, -0.2) is 59.0 Å². The second kappa shape index (κ2) is 8.16. The third kappa shape index (κ3) is 4.71. The van der Waals surface area contributed by atoms with E-state index >= 15 is 0 Å². The first-order chi connectivity index (χ1) is 11.8. The molecule has 2 N–H and O–H groups in total. The number of carbonyl (C=O) groups is 1. The molecule has 140 valence electrons. The summed E-state index contributed by atoms with van der Waals surface area (Å²) in [5.74, 6) is 0.143. The van der Waals surface area contributed by atoms with Gasteiger partial charge in [0.25, 0.3) is 5.91 Å². The van der Waals surface area contributed by atoms with Gasteiger partial charge in [-0.2, -0.15) is 0 Å². The minimum Gasteiger partial charge on any atom is -0.495 e. The van der Waals surface area contributed by atoms with E-state index < -0.39 is 10.0 Å². The zero-order valence-corrected chi connectivity index (χ0v) is 16.1. The number of nitrogens with zero attached hydrogens (tertiary/aromatic N) is 1. The summed E-state index contributed by atoms with van der Waals surface area (Å²) >= 11 is 0. The third-order valence-corrected chi connectivity index (χ3v) is 6.51. The van der Waals surface area contributed by atoms with Crippen molar-refractivity contribution in [3.63, 3.8) is 0 Å². The van der Waals surface area contributed by atoms with Crippen molar-refractivity contribution >= 4 is 21.6 Å². The van der Waals surface area contributed by atoms with Crippen molar-refractivity contribution in [3.8, 4) is 5.75 Å². The fourth-order valence-corrected chi connectivity index (χ4v) is 4.15. The van der Waals surface area contributed by atoms with Gasteiger partial charge in [-0.05, 0) is 44.4 Å². The Morgan fingerprint density at radius 3 is 2.68 bits per heavy atom. The lowest BCUT2D eigenvalue weighted by Gasteiger charge is -2.29. The van der Waals surface area contributed by atoms with E-state index in [1.165, 1.54) is 38.6 Å². The fourth-order valence-electron chi connectivity index (χ4n) is 3.08. The molecule has 1 saturated heterocycles. The van der Waals surface area contributed by atoms with Crippen LogP contribution in [0.4, 0.5) is 5.69 Å². The van der Waals surface area contributed by atoms with E-state index in [0.717, 1.165) is 23.7 Å². The van der Waals surface area contributed by atoms with Crippen molar-refractivity contribution in [2.45, 2.75) is 37.1 Å². The lowest BCUT2D eigenvalue weighted by Crippen LogP contribution is -3.17. The SMILES string of the molecule is COc1ccc(NC(=O)C[NH+]2CCCC[C@H]2C)cc1S(=O)(=O)N(C)C. The lowest BCUT2D eigenvalue weighted by atomic mass is 10.0. The zero-order chi connectivity index (χ0) is 18.6. The van der Waals surface area contributed by atoms with E-state index in [1.54, 1.807) is 12.1 Å². The second-order valence-electron chi connectivity index (χ2n) is 6.68. The highest BCUT2D eigenvalue weighted by Gasteiger charge is 2.25. The van der Waals surface area contributed by atoms with Gasteiger partial charge in [0.1, 0.15) is 10.6 Å². The summed E-state index contributed by atoms with van der Waals surface area (Å²) in [7, 11) is 0.677. The minimum atomic E-state index is -3.66. The van der Waals surface area contributed by atoms with Gasteiger partial charge in [-0.1, -0.05) is 0 Å². The largest absolute Gasteiger partial charge is 0.495 e. The molecular weight excluding hydrogens is 342 g/mol. The van der Waals surface area contributed by atoms with Gasteiger partial charge >= 0.3 is 0 Å². The maximum atomic E-state index is 12.4. The molecule has 1 heterocycles. The predicted octanol–water partition coefficient (Wildman–Crippen LogP) is 0.341. The molecule has 0 aliphatic carbocycles. The number of likely N-dealkylation sites (tertiary alicyclic amines) is 1. The molecule has 2 rings (SSSR count). The summed E-state index contributed by atoms with van der Waals surface area (Å²) in [6.07, 6.45) is 3.49. The maximum Gasteiger partial charge on any atom is 0.279 e. The van der Waals surface area contributed by atoms with Crippen LogP contribution in [0.3, 0.4) is 0 Å². The number of methoxy groups -OCH3 is 1. The molecule has 1 amide bonds. The number of hydrogen-bond acceptors (Lipinski definition) is 4. The Kier molecular flexibility index (Phi) is 6.42. The molecule has 0 radical (unpaired) electrons. The molecule has 1 unspecified atom stereocenters. The van der Waals surface area contributed by atoms with Gasteiger partial charge in [0, 0.05) is 19.8 Å². The first-order valence-corrected chi connectivity index (χ1v) is 9.94. The number of hydrogen-bond donors (Lipinski definition) is 2. The van der Waals surface area contributed by atoms with Gasteiger partial charge in [0.05, 0.1) is 19.7 Å². The molecule has 25 heavy (non-hydrogen) atoms. The number of ether oxygens (including phenoxy) is 1. The molecule has 0 saturated carbocycles. The Hall–Kier alpha value is -1.64. The Balaban J connectivity index is 2.16. The standard InChI is InChI=1S/C17H27N3O4S/c1-13-7-5-6-10-20(13)12-17(21)18-14-8-9-15(24-4)16(11-14)25(22,23)19(2)3/h8-9,11,13H,5-7,10,12H2,1-4H3,(H,18,21)/p+1/t13-/m1/s1. The van der Waals surface area contributed by atoms with Crippen LogP contribution in [0.15, 0.2) is 23.1 Å². The number of rotatable bonds is 6. The van der Waals surface area contributed by atoms with Crippen LogP contribution in [0.1, 0.15) is 26.2 Å². The Bertz CT molecular complexity index is 719. The van der Waals surface area contributed by atoms with Crippen molar-refractivity contribution < 1.29 is 22.8 Å². The van der Waals surface area contributed by atoms with Gasteiger partial charge in [0.2, 0.25) is 10.0 Å². The average molecular weight is 370 g/mol. The van der Waals surface area contributed by atoms with Gasteiger partial charge < -0.3 is 15.0 Å². The van der Waals surface area contributed by atoms with E-state index in [1.807, 2.05) is 0 Å². The Morgan fingerprint density at radius 1 is 1.36 bits per heavy atom. The summed E-state index contributed by atoms with van der Waals surface area (Å²) in [4.78, 5) is 13.7. The lowest BCUT2D eigenvalue weighted by molar-refractivity contribution is -0.920. The molecular formula is C17H28N3O4S+. The van der Waals surface area contributed by atoms with Crippen LogP contribution in [-0.2, 0) is 14.8 Å². The molecule has 7 nitrogen and oxygen atoms in total. The number of sulfonamides is 1. The third-order valence-electron chi connectivity index (χ3n) is 4.68. The van der Waals surface area contributed by atoms with E-state index in [2.05, 4.69) is 12.2 Å². The minimum absolute atomic E-state index is 0.0384. The topological polar surface area (TPSA) is 80.1 Å². The van der Waals surface area contributed by atoms with E-state index in [4.69, 9.17) is 4.74 Å². The van der Waals surface area contributed by atoms with Gasteiger partial charge in [-0.3, -0.25) is 4.79 Å². The fraction of sp³-hybridized carbons (Fsp3) is 0.588. The van der Waals surface area contributed by atoms with Crippen molar-refractivity contribution in [1.29, 1.82) is 0 Å². The molecule has 1 aromatic rings. The monoisotopic (exact) mass is 370 g/mol. The molecule has 1 aromatic carbocycles. The summed E-state index contributed by atoms with van der Waals surface area (Å²) in [6.45, 7) is 3.55. The summed E-state index contributed by atoms with van der Waals surface area (Å²) in [5.41, 5.74) is 0.454. The highest BCUT2D eigenvalue weighted by atomic mass is 32.2. The summed E-state index contributed by atoms with van der Waals surface area (Å²) in [5, 5.41) is 2.81. The number of quaternary nitrogens is 1. The van der Waals surface area contributed by atoms with Gasteiger partial charge in [-0.25, -0.2) is 12.7 Å². The van der Waals surface area contributed by atoms with Crippen LogP contribution < -0.4 is 15.0 Å². The number of benzene rings is 1. The van der Waals surface area contributed by atoms with Crippen LogP contribution in [0.2, 0.25) is 0 Å². The molecule has 8 heteroatoms. The quantitative estimate of drug-likeness (QED) is 0.757. The number of amides is 1. The van der Waals surface area contributed by atoms with Crippen molar-refractivity contribution in [1.82, 2.24) is 4.31 Å². The molecule has 0 spiro atoms. The number of nitrogens with one attached hydrogen (secondary N) is 2. The normalized spacial score (nSPS) is 21.2. The van der Waals surface area contributed by atoms with Crippen molar-refractivity contribution in [2.75, 3.05) is 39.6 Å². The van der Waals surface area contributed by atoms with Crippen molar-refractivity contribution in [2.24, 2.45) is 0 Å². The summed E-state index contributed by atoms with van der Waals surface area (Å²) in [6, 6.07) is 5.13. The molecule has 1 aliphatic rings. The van der Waals surface area contributed by atoms with Crippen LogP contribution in [0.25, 0.3) is 0 Å². The van der Waals surface area contributed by atoms with Crippen LogP contribution in [0.5, 0.6) is 5.75 Å². The zero-order valence-electron chi connectivity index (χ0n) is 15.3. The molecule has 1 fully saturated rings. The highest BCUT2D eigenvalue weighted by Crippen LogP contribution is 2.28. The van der Waals surface area contributed by atoms with Crippen molar-refractivity contribution in [3.05, 3.63) is 18.2 Å². The predicted molar refractivity (Wildman–Crippen MR) is 96.5 cm³/mol. The number of anilines is 1. The van der Waals surface area contributed by atoms with E-state index in [-0.39, 0.29) is 16.6 Å².